The van der Waals surface area contributed by atoms with Crippen LogP contribution in [0.2, 0.25) is 0 Å². The summed E-state index contributed by atoms with van der Waals surface area (Å²) in [5, 5.41) is 3.79. The number of hydrogen-bond donors (Lipinski definition) is 1. The minimum Gasteiger partial charge on any atom is -0.494 e. The average Bonchev–Trinajstić information content (AvgIpc) is 2.68. The van der Waals surface area contributed by atoms with Gasteiger partial charge < -0.3 is 14.8 Å². The zero-order chi connectivity index (χ0) is 17.2. The number of benzene rings is 2. The first kappa shape index (κ1) is 16.5. The fraction of sp³-hybridized carbons (Fsp3) is 0.455. The normalized spacial score (nSPS) is 24.8. The van der Waals surface area contributed by atoms with Gasteiger partial charge in [-0.15, -0.1) is 0 Å². The monoisotopic (exact) mass is 337 g/mol. The van der Waals surface area contributed by atoms with Crippen molar-refractivity contribution < 1.29 is 9.47 Å². The second-order valence-corrected chi connectivity index (χ2v) is 7.00. The molecule has 0 saturated carbocycles. The van der Waals surface area contributed by atoms with E-state index in [9.17, 15) is 0 Å². The van der Waals surface area contributed by atoms with Gasteiger partial charge in [0, 0.05) is 23.8 Å². The molecule has 0 unspecified atom stereocenters. The van der Waals surface area contributed by atoms with Crippen molar-refractivity contribution in [1.29, 1.82) is 0 Å². The lowest BCUT2D eigenvalue weighted by Gasteiger charge is -2.43. The topological polar surface area (TPSA) is 30.5 Å². The van der Waals surface area contributed by atoms with Gasteiger partial charge in [0.25, 0.3) is 0 Å². The standard InChI is InChI=1S/C22H27NO2/c1-3-15-7-12-20-19(14-15)22-18(6-5-13-25-22)21(23-20)16-8-10-17(11-9-16)24-4-2/h7-12,14,18,21-23H,3-6,13H2,1-2H3/t18-,21+,22-/m0/s1. The molecule has 2 aliphatic heterocycles. The molecule has 25 heavy (non-hydrogen) atoms. The summed E-state index contributed by atoms with van der Waals surface area (Å²) in [4.78, 5) is 0. The van der Waals surface area contributed by atoms with Crippen molar-refractivity contribution in [2.75, 3.05) is 18.5 Å². The summed E-state index contributed by atoms with van der Waals surface area (Å²) < 4.78 is 11.8. The summed E-state index contributed by atoms with van der Waals surface area (Å²) in [5.74, 6) is 1.41. The Morgan fingerprint density at radius 1 is 1.12 bits per heavy atom. The molecule has 2 aromatic carbocycles. The molecule has 0 radical (unpaired) electrons. The van der Waals surface area contributed by atoms with Crippen LogP contribution in [0.5, 0.6) is 5.75 Å². The van der Waals surface area contributed by atoms with E-state index in [0.717, 1.165) is 25.2 Å². The van der Waals surface area contributed by atoms with Gasteiger partial charge in [-0.1, -0.05) is 31.2 Å². The zero-order valence-electron chi connectivity index (χ0n) is 15.1. The SMILES string of the molecule is CCOc1ccc([C@H]2Nc3ccc(CC)cc3[C@H]3OCCC[C@@H]23)cc1. The molecule has 1 fully saturated rings. The fourth-order valence-corrected chi connectivity index (χ4v) is 4.21. The summed E-state index contributed by atoms with van der Waals surface area (Å²) >= 11 is 0. The predicted octanol–water partition coefficient (Wildman–Crippen LogP) is 5.28. The number of anilines is 1. The summed E-state index contributed by atoms with van der Waals surface area (Å²) in [6.07, 6.45) is 3.60. The van der Waals surface area contributed by atoms with E-state index in [-0.39, 0.29) is 6.10 Å². The lowest BCUT2D eigenvalue weighted by atomic mass is 9.77. The van der Waals surface area contributed by atoms with E-state index in [1.54, 1.807) is 0 Å². The Balaban J connectivity index is 1.68. The Morgan fingerprint density at radius 2 is 1.96 bits per heavy atom. The molecule has 2 aliphatic rings. The van der Waals surface area contributed by atoms with Gasteiger partial charge in [-0.05, 0) is 55.5 Å². The number of ether oxygens (including phenoxy) is 2. The fourth-order valence-electron chi connectivity index (χ4n) is 4.21. The molecule has 3 nitrogen and oxygen atoms in total. The minimum absolute atomic E-state index is 0.202. The van der Waals surface area contributed by atoms with Gasteiger partial charge in [0.05, 0.1) is 18.8 Å². The second-order valence-electron chi connectivity index (χ2n) is 7.00. The van der Waals surface area contributed by atoms with E-state index in [1.165, 1.54) is 28.8 Å². The van der Waals surface area contributed by atoms with Crippen LogP contribution in [-0.4, -0.2) is 13.2 Å². The number of fused-ring (bicyclic) bond motifs is 3. The highest BCUT2D eigenvalue weighted by atomic mass is 16.5. The summed E-state index contributed by atoms with van der Waals surface area (Å²) in [7, 11) is 0. The van der Waals surface area contributed by atoms with Crippen LogP contribution in [0.1, 0.15) is 55.5 Å². The maximum atomic E-state index is 6.26. The highest BCUT2D eigenvalue weighted by Gasteiger charge is 2.39. The first-order valence-electron chi connectivity index (χ1n) is 9.54. The molecule has 4 rings (SSSR count). The number of nitrogens with one attached hydrogen (secondary N) is 1. The van der Waals surface area contributed by atoms with E-state index >= 15 is 0 Å². The van der Waals surface area contributed by atoms with E-state index in [0.29, 0.717) is 18.6 Å². The predicted molar refractivity (Wildman–Crippen MR) is 101 cm³/mol. The molecule has 1 N–H and O–H groups in total. The van der Waals surface area contributed by atoms with E-state index in [4.69, 9.17) is 9.47 Å². The molecular formula is C22H27NO2. The Labute approximate surface area is 150 Å². The minimum atomic E-state index is 0.202. The second kappa shape index (κ2) is 7.09. The smallest absolute Gasteiger partial charge is 0.119 e. The van der Waals surface area contributed by atoms with Gasteiger partial charge in [-0.3, -0.25) is 0 Å². The highest BCUT2D eigenvalue weighted by Crippen LogP contribution is 2.49. The Kier molecular flexibility index (Phi) is 4.67. The Morgan fingerprint density at radius 3 is 2.72 bits per heavy atom. The maximum Gasteiger partial charge on any atom is 0.119 e. The largest absolute Gasteiger partial charge is 0.494 e. The van der Waals surface area contributed by atoms with Crippen molar-refractivity contribution in [3.63, 3.8) is 0 Å². The van der Waals surface area contributed by atoms with Gasteiger partial charge in [0.2, 0.25) is 0 Å². The Hall–Kier alpha value is -2.00. The molecule has 0 amide bonds. The molecule has 1 saturated heterocycles. The quantitative estimate of drug-likeness (QED) is 0.823. The van der Waals surface area contributed by atoms with Crippen LogP contribution < -0.4 is 10.1 Å². The van der Waals surface area contributed by atoms with Gasteiger partial charge in [-0.25, -0.2) is 0 Å². The molecule has 0 spiro atoms. The molecule has 2 heterocycles. The zero-order valence-corrected chi connectivity index (χ0v) is 15.1. The third-order valence-corrected chi connectivity index (χ3v) is 5.49. The molecule has 132 valence electrons. The van der Waals surface area contributed by atoms with Gasteiger partial charge >= 0.3 is 0 Å². The van der Waals surface area contributed by atoms with E-state index < -0.39 is 0 Å². The van der Waals surface area contributed by atoms with Gasteiger partial charge in [-0.2, -0.15) is 0 Å². The summed E-state index contributed by atoms with van der Waals surface area (Å²) in [6, 6.07) is 15.6. The molecule has 3 heteroatoms. The molecule has 0 aromatic heterocycles. The van der Waals surface area contributed by atoms with Crippen LogP contribution in [0.3, 0.4) is 0 Å². The average molecular weight is 337 g/mol. The molecule has 0 bridgehead atoms. The van der Waals surface area contributed by atoms with Crippen LogP contribution in [0.4, 0.5) is 5.69 Å². The van der Waals surface area contributed by atoms with Crippen molar-refractivity contribution in [3.8, 4) is 5.75 Å². The van der Waals surface area contributed by atoms with Gasteiger partial charge in [0.1, 0.15) is 5.75 Å². The van der Waals surface area contributed by atoms with Gasteiger partial charge in [0.15, 0.2) is 0 Å². The molecule has 2 aromatic rings. The van der Waals surface area contributed by atoms with Crippen molar-refractivity contribution in [1.82, 2.24) is 0 Å². The van der Waals surface area contributed by atoms with Crippen molar-refractivity contribution in [2.24, 2.45) is 5.92 Å². The molecule has 0 aliphatic carbocycles. The number of rotatable bonds is 4. The first-order valence-corrected chi connectivity index (χ1v) is 9.54. The van der Waals surface area contributed by atoms with E-state index in [2.05, 4.69) is 54.7 Å². The highest BCUT2D eigenvalue weighted by molar-refractivity contribution is 5.58. The first-order chi connectivity index (χ1) is 12.3. The third kappa shape index (κ3) is 3.13. The number of aryl methyl sites for hydroxylation is 1. The van der Waals surface area contributed by atoms with Crippen molar-refractivity contribution in [2.45, 2.75) is 45.3 Å². The lowest BCUT2D eigenvalue weighted by molar-refractivity contribution is -0.0381. The summed E-state index contributed by atoms with van der Waals surface area (Å²) in [6.45, 7) is 5.79. The summed E-state index contributed by atoms with van der Waals surface area (Å²) in [5.41, 5.74) is 5.26. The van der Waals surface area contributed by atoms with Crippen LogP contribution in [-0.2, 0) is 11.2 Å². The maximum absolute atomic E-state index is 6.26. The van der Waals surface area contributed by atoms with E-state index in [1.807, 2.05) is 6.92 Å². The van der Waals surface area contributed by atoms with Crippen LogP contribution in [0.25, 0.3) is 0 Å². The number of hydrogen-bond acceptors (Lipinski definition) is 3. The molecular weight excluding hydrogens is 310 g/mol. The van der Waals surface area contributed by atoms with Crippen molar-refractivity contribution >= 4 is 5.69 Å². The molecule has 3 atom stereocenters. The Bertz CT molecular complexity index is 725. The van der Waals surface area contributed by atoms with Crippen molar-refractivity contribution in [3.05, 3.63) is 59.2 Å². The van der Waals surface area contributed by atoms with Crippen LogP contribution in [0.15, 0.2) is 42.5 Å². The third-order valence-electron chi connectivity index (χ3n) is 5.49. The van der Waals surface area contributed by atoms with Crippen LogP contribution >= 0.6 is 0 Å². The van der Waals surface area contributed by atoms with Crippen LogP contribution in [0, 0.1) is 5.92 Å². The lowest BCUT2D eigenvalue weighted by Crippen LogP contribution is -2.36.